The van der Waals surface area contributed by atoms with Crippen molar-refractivity contribution in [3.8, 4) is 22.2 Å². The number of carbonyl (C=O) groups is 1. The maximum absolute atomic E-state index is 13.3. The smallest absolute Gasteiger partial charge is 0.268 e. The third-order valence-corrected chi connectivity index (χ3v) is 7.29. The van der Waals surface area contributed by atoms with Crippen LogP contribution in [0, 0.1) is 34.6 Å². The van der Waals surface area contributed by atoms with Gasteiger partial charge in [0.25, 0.3) is 11.4 Å². The van der Waals surface area contributed by atoms with Crippen LogP contribution in [0.2, 0.25) is 0 Å². The number of amides is 1. The molecular formula is C27H25N5O3S. The second-order valence-electron chi connectivity index (χ2n) is 9.03. The summed E-state index contributed by atoms with van der Waals surface area (Å²) in [4.78, 5) is 36.3. The van der Waals surface area contributed by atoms with Crippen LogP contribution < -0.4 is 10.9 Å². The monoisotopic (exact) mass is 499 g/mol. The number of nitrogens with zero attached hydrogens (tertiary/aromatic N) is 4. The Hall–Kier alpha value is -4.11. The lowest BCUT2D eigenvalue weighted by Crippen LogP contribution is -2.28. The fraction of sp³-hybridized carbons (Fsp3) is 0.222. The minimum atomic E-state index is -0.291. The van der Waals surface area contributed by atoms with Gasteiger partial charge in [-0.1, -0.05) is 52.7 Å². The largest absolute Gasteiger partial charge is 0.333 e. The Bertz CT molecular complexity index is 1660. The minimum Gasteiger partial charge on any atom is -0.333 e. The van der Waals surface area contributed by atoms with Gasteiger partial charge in [0.15, 0.2) is 0 Å². The van der Waals surface area contributed by atoms with Crippen molar-refractivity contribution in [3.05, 3.63) is 80.9 Å². The fourth-order valence-corrected chi connectivity index (χ4v) is 5.38. The van der Waals surface area contributed by atoms with E-state index >= 15 is 0 Å². The quantitative estimate of drug-likeness (QED) is 0.349. The van der Waals surface area contributed by atoms with Crippen LogP contribution in [0.15, 0.2) is 52.0 Å². The first-order valence-corrected chi connectivity index (χ1v) is 12.3. The van der Waals surface area contributed by atoms with Crippen molar-refractivity contribution >= 4 is 33.1 Å². The lowest BCUT2D eigenvalue weighted by Gasteiger charge is -2.13. The van der Waals surface area contributed by atoms with Gasteiger partial charge in [-0.05, 0) is 51.3 Å². The van der Waals surface area contributed by atoms with Crippen LogP contribution in [0.5, 0.6) is 0 Å². The molecular weight excluding hydrogens is 474 g/mol. The van der Waals surface area contributed by atoms with Gasteiger partial charge in [-0.25, -0.2) is 4.98 Å². The number of anilines is 1. The minimum absolute atomic E-state index is 0.142. The van der Waals surface area contributed by atoms with Crippen LogP contribution in [0.4, 0.5) is 5.69 Å². The van der Waals surface area contributed by atoms with E-state index in [0.717, 1.165) is 33.5 Å². The van der Waals surface area contributed by atoms with E-state index in [1.165, 1.54) is 22.2 Å². The Balaban J connectivity index is 1.44. The number of hydrogen-bond donors (Lipinski definition) is 1. The summed E-state index contributed by atoms with van der Waals surface area (Å²) in [6.45, 7) is 9.62. The molecule has 0 spiro atoms. The molecule has 0 radical (unpaired) electrons. The summed E-state index contributed by atoms with van der Waals surface area (Å²) in [6, 6.07) is 11.9. The highest BCUT2D eigenvalue weighted by Gasteiger charge is 2.21. The van der Waals surface area contributed by atoms with E-state index in [0.29, 0.717) is 32.4 Å². The molecule has 0 aliphatic carbocycles. The van der Waals surface area contributed by atoms with Crippen molar-refractivity contribution in [2.75, 3.05) is 5.32 Å². The maximum atomic E-state index is 13.3. The molecule has 0 saturated carbocycles. The fourth-order valence-electron chi connectivity index (χ4n) is 4.32. The van der Waals surface area contributed by atoms with Gasteiger partial charge in [-0.3, -0.25) is 14.2 Å². The Labute approximate surface area is 211 Å². The summed E-state index contributed by atoms with van der Waals surface area (Å²) in [5.41, 5.74) is 6.25. The highest BCUT2D eigenvalue weighted by atomic mass is 32.1. The topological polar surface area (TPSA) is 103 Å². The van der Waals surface area contributed by atoms with E-state index in [9.17, 15) is 9.59 Å². The molecule has 182 valence electrons. The average molecular weight is 500 g/mol. The molecule has 3 heterocycles. The van der Waals surface area contributed by atoms with E-state index in [1.807, 2.05) is 71.0 Å². The second-order valence-corrected chi connectivity index (χ2v) is 10.0. The van der Waals surface area contributed by atoms with Crippen LogP contribution in [0.25, 0.3) is 32.4 Å². The summed E-state index contributed by atoms with van der Waals surface area (Å²) in [5.74, 6) is 0.520. The van der Waals surface area contributed by atoms with Crippen molar-refractivity contribution in [1.29, 1.82) is 0 Å². The number of aromatic nitrogens is 4. The molecule has 5 rings (SSSR count). The van der Waals surface area contributed by atoms with Gasteiger partial charge < -0.3 is 9.84 Å². The Kier molecular flexibility index (Phi) is 6.01. The van der Waals surface area contributed by atoms with Crippen molar-refractivity contribution in [1.82, 2.24) is 19.7 Å². The molecule has 5 aromatic rings. The first-order valence-electron chi connectivity index (χ1n) is 11.5. The van der Waals surface area contributed by atoms with Gasteiger partial charge in [0.05, 0.1) is 16.6 Å². The van der Waals surface area contributed by atoms with Crippen LogP contribution >= 0.6 is 11.3 Å². The van der Waals surface area contributed by atoms with Gasteiger partial charge in [0.1, 0.15) is 11.4 Å². The predicted molar refractivity (Wildman–Crippen MR) is 141 cm³/mol. The summed E-state index contributed by atoms with van der Waals surface area (Å²) in [7, 11) is 0. The molecule has 8 nitrogen and oxygen atoms in total. The molecule has 1 amide bonds. The van der Waals surface area contributed by atoms with E-state index in [2.05, 4.69) is 20.4 Å². The van der Waals surface area contributed by atoms with Gasteiger partial charge in [0, 0.05) is 11.3 Å². The standard InChI is InChI=1S/C27H25N5O3S/c1-14-6-8-19(9-7-14)24-30-25(35-31-24)23-18(5)21-26(36-23)28-13-32(27(21)34)12-20(33)29-22-16(3)10-15(2)11-17(22)4/h6-11,13H,12H2,1-5H3,(H,29,33). The zero-order chi connectivity index (χ0) is 25.6. The number of thiophene rings is 1. The van der Waals surface area contributed by atoms with Gasteiger partial charge in [-0.2, -0.15) is 4.98 Å². The van der Waals surface area contributed by atoms with Crippen molar-refractivity contribution in [2.24, 2.45) is 0 Å². The van der Waals surface area contributed by atoms with E-state index in [1.54, 1.807) is 0 Å². The summed E-state index contributed by atoms with van der Waals surface area (Å²) < 4.78 is 6.85. The zero-order valence-corrected chi connectivity index (χ0v) is 21.5. The number of nitrogens with one attached hydrogen (secondary N) is 1. The zero-order valence-electron chi connectivity index (χ0n) is 20.7. The molecule has 3 aromatic heterocycles. The SMILES string of the molecule is Cc1ccc(-c2noc(-c3sc4ncn(CC(=O)Nc5c(C)cc(C)cc5C)c(=O)c4c3C)n2)cc1. The van der Waals surface area contributed by atoms with Gasteiger partial charge in [-0.15, -0.1) is 11.3 Å². The molecule has 1 N–H and O–H groups in total. The molecule has 0 fully saturated rings. The summed E-state index contributed by atoms with van der Waals surface area (Å²) in [5, 5.41) is 7.49. The molecule has 0 atom stereocenters. The average Bonchev–Trinajstić information content (AvgIpc) is 3.44. The molecule has 0 aliphatic heterocycles. The number of carbonyl (C=O) groups excluding carboxylic acids is 1. The molecule has 0 unspecified atom stereocenters. The van der Waals surface area contributed by atoms with Crippen molar-refractivity contribution in [3.63, 3.8) is 0 Å². The van der Waals surface area contributed by atoms with Gasteiger partial charge >= 0.3 is 0 Å². The number of fused-ring (bicyclic) bond motifs is 1. The van der Waals surface area contributed by atoms with Crippen LogP contribution in [-0.2, 0) is 11.3 Å². The molecule has 9 heteroatoms. The molecule has 0 saturated heterocycles. The van der Waals surface area contributed by atoms with Crippen LogP contribution in [-0.4, -0.2) is 25.6 Å². The normalized spacial score (nSPS) is 11.2. The summed E-state index contributed by atoms with van der Waals surface area (Å²) >= 11 is 1.32. The molecule has 2 aromatic carbocycles. The number of benzene rings is 2. The molecule has 0 aliphatic rings. The van der Waals surface area contributed by atoms with Crippen LogP contribution in [0.1, 0.15) is 27.8 Å². The predicted octanol–water partition coefficient (Wildman–Crippen LogP) is 5.36. The lowest BCUT2D eigenvalue weighted by molar-refractivity contribution is -0.116. The maximum Gasteiger partial charge on any atom is 0.268 e. The van der Waals surface area contributed by atoms with E-state index in [4.69, 9.17) is 4.52 Å². The Morgan fingerprint density at radius 3 is 2.42 bits per heavy atom. The summed E-state index contributed by atoms with van der Waals surface area (Å²) in [6.07, 6.45) is 1.41. The first kappa shape index (κ1) is 23.6. The first-order chi connectivity index (χ1) is 17.2. The third-order valence-electron chi connectivity index (χ3n) is 6.10. The Morgan fingerprint density at radius 1 is 1.03 bits per heavy atom. The second kappa shape index (κ2) is 9.16. The highest BCUT2D eigenvalue weighted by Crippen LogP contribution is 2.35. The number of aryl methyl sites for hydroxylation is 5. The third kappa shape index (κ3) is 4.33. The van der Waals surface area contributed by atoms with Gasteiger partial charge in [0.2, 0.25) is 11.7 Å². The van der Waals surface area contributed by atoms with Crippen LogP contribution in [0.3, 0.4) is 0 Å². The number of rotatable bonds is 5. The van der Waals surface area contributed by atoms with Crippen molar-refractivity contribution in [2.45, 2.75) is 41.2 Å². The Morgan fingerprint density at radius 2 is 1.72 bits per heavy atom. The number of hydrogen-bond acceptors (Lipinski definition) is 7. The van der Waals surface area contributed by atoms with E-state index < -0.39 is 0 Å². The lowest BCUT2D eigenvalue weighted by atomic mass is 10.1. The highest BCUT2D eigenvalue weighted by molar-refractivity contribution is 7.22. The molecule has 36 heavy (non-hydrogen) atoms. The van der Waals surface area contributed by atoms with E-state index in [-0.39, 0.29) is 18.0 Å². The van der Waals surface area contributed by atoms with Crippen molar-refractivity contribution < 1.29 is 9.32 Å². The molecule has 0 bridgehead atoms.